The second-order valence-electron chi connectivity index (χ2n) is 5.45. The van der Waals surface area contributed by atoms with Gasteiger partial charge in [-0.15, -0.1) is 11.6 Å². The first-order valence-electron chi connectivity index (χ1n) is 7.44. The molecule has 0 bridgehead atoms. The molecule has 21 heavy (non-hydrogen) atoms. The zero-order valence-corrected chi connectivity index (χ0v) is 13.3. The molecule has 5 nitrogen and oxygen atoms in total. The van der Waals surface area contributed by atoms with Crippen LogP contribution in [0.4, 0.5) is 0 Å². The second-order valence-corrected chi connectivity index (χ2v) is 5.72. The summed E-state index contributed by atoms with van der Waals surface area (Å²) >= 11 is 6.05. The van der Waals surface area contributed by atoms with Crippen LogP contribution in [-0.2, 0) is 17.2 Å². The molecule has 2 aromatic heterocycles. The Balaban J connectivity index is 1.90. The minimum absolute atomic E-state index is 0.167. The smallest absolute Gasteiger partial charge is 0.160 e. The number of imidazole rings is 1. The van der Waals surface area contributed by atoms with Crippen LogP contribution < -0.4 is 0 Å². The van der Waals surface area contributed by atoms with Crippen molar-refractivity contribution in [2.75, 3.05) is 26.2 Å². The molecular weight excluding hydrogens is 288 g/mol. The highest BCUT2D eigenvalue weighted by molar-refractivity contribution is 6.16. The first-order chi connectivity index (χ1) is 10.2. The van der Waals surface area contributed by atoms with Gasteiger partial charge in [0.15, 0.2) is 5.65 Å². The molecule has 0 radical (unpaired) electrons. The summed E-state index contributed by atoms with van der Waals surface area (Å²) < 4.78 is 8.01. The summed E-state index contributed by atoms with van der Waals surface area (Å²) in [7, 11) is 0. The Labute approximate surface area is 129 Å². The fourth-order valence-electron chi connectivity index (χ4n) is 2.82. The van der Waals surface area contributed by atoms with Crippen LogP contribution in [0.2, 0.25) is 0 Å². The van der Waals surface area contributed by atoms with E-state index in [2.05, 4.69) is 26.4 Å². The van der Waals surface area contributed by atoms with Crippen LogP contribution in [0.1, 0.15) is 18.4 Å². The molecule has 0 amide bonds. The van der Waals surface area contributed by atoms with Gasteiger partial charge in [-0.1, -0.05) is 6.92 Å². The average molecular weight is 309 g/mol. The van der Waals surface area contributed by atoms with Crippen molar-refractivity contribution in [1.82, 2.24) is 19.4 Å². The normalized spacial score (nSPS) is 20.2. The number of likely N-dealkylation sites (N-methyl/N-ethyl adjacent to an activating group) is 1. The number of morpholine rings is 1. The van der Waals surface area contributed by atoms with Crippen molar-refractivity contribution in [3.63, 3.8) is 0 Å². The lowest BCUT2D eigenvalue weighted by Crippen LogP contribution is -2.44. The van der Waals surface area contributed by atoms with Crippen LogP contribution >= 0.6 is 11.6 Å². The summed E-state index contributed by atoms with van der Waals surface area (Å²) in [6.45, 7) is 8.74. The number of halogens is 1. The molecule has 6 heteroatoms. The zero-order chi connectivity index (χ0) is 14.8. The van der Waals surface area contributed by atoms with Gasteiger partial charge in [-0.2, -0.15) is 0 Å². The van der Waals surface area contributed by atoms with E-state index < -0.39 is 0 Å². The van der Waals surface area contributed by atoms with Gasteiger partial charge in [0.05, 0.1) is 25.1 Å². The Morgan fingerprint density at radius 1 is 1.38 bits per heavy atom. The summed E-state index contributed by atoms with van der Waals surface area (Å²) in [5, 5.41) is 0. The summed E-state index contributed by atoms with van der Waals surface area (Å²) in [4.78, 5) is 11.6. The number of aryl methyl sites for hydroxylation is 1. The number of pyridine rings is 1. The molecule has 1 atom stereocenters. The molecule has 0 spiro atoms. The highest BCUT2D eigenvalue weighted by Gasteiger charge is 2.22. The van der Waals surface area contributed by atoms with Crippen molar-refractivity contribution in [3.8, 4) is 0 Å². The number of hydrogen-bond acceptors (Lipinski definition) is 4. The molecule has 1 aliphatic rings. The highest BCUT2D eigenvalue weighted by atomic mass is 35.5. The Kier molecular flexibility index (Phi) is 4.42. The van der Waals surface area contributed by atoms with E-state index in [-0.39, 0.29) is 6.10 Å². The van der Waals surface area contributed by atoms with E-state index in [0.29, 0.717) is 5.88 Å². The molecule has 114 valence electrons. The predicted molar refractivity (Wildman–Crippen MR) is 83.7 cm³/mol. The molecular formula is C15H21ClN4O. The lowest BCUT2D eigenvalue weighted by molar-refractivity contribution is -0.0341. The Morgan fingerprint density at radius 3 is 3.00 bits per heavy atom. The average Bonchev–Trinajstić information content (AvgIpc) is 2.85. The van der Waals surface area contributed by atoms with Gasteiger partial charge in [0.25, 0.3) is 0 Å². The second kappa shape index (κ2) is 6.30. The molecule has 1 saturated heterocycles. The van der Waals surface area contributed by atoms with Crippen molar-refractivity contribution in [2.45, 2.75) is 32.4 Å². The van der Waals surface area contributed by atoms with Crippen molar-refractivity contribution in [2.24, 2.45) is 0 Å². The topological polar surface area (TPSA) is 43.2 Å². The van der Waals surface area contributed by atoms with E-state index in [1.165, 1.54) is 0 Å². The monoisotopic (exact) mass is 308 g/mol. The number of hydrogen-bond donors (Lipinski definition) is 0. The molecule has 3 rings (SSSR count). The highest BCUT2D eigenvalue weighted by Crippen LogP contribution is 2.18. The first-order valence-corrected chi connectivity index (χ1v) is 7.97. The van der Waals surface area contributed by atoms with Crippen LogP contribution in [0.15, 0.2) is 12.1 Å². The van der Waals surface area contributed by atoms with Gasteiger partial charge in [0.1, 0.15) is 11.3 Å². The van der Waals surface area contributed by atoms with Crippen molar-refractivity contribution >= 4 is 22.8 Å². The van der Waals surface area contributed by atoms with Gasteiger partial charge in [-0.05, 0) is 25.6 Å². The van der Waals surface area contributed by atoms with Crippen molar-refractivity contribution < 1.29 is 4.74 Å². The van der Waals surface area contributed by atoms with E-state index in [4.69, 9.17) is 16.3 Å². The molecule has 1 aliphatic heterocycles. The number of rotatable bonds is 4. The molecule has 2 aromatic rings. The van der Waals surface area contributed by atoms with Gasteiger partial charge in [-0.3, -0.25) is 4.90 Å². The summed E-state index contributed by atoms with van der Waals surface area (Å²) in [6, 6.07) is 3.98. The van der Waals surface area contributed by atoms with Gasteiger partial charge in [-0.25, -0.2) is 9.97 Å². The Hall–Kier alpha value is -1.17. The van der Waals surface area contributed by atoms with E-state index in [1.54, 1.807) is 0 Å². The Morgan fingerprint density at radius 2 is 2.24 bits per heavy atom. The van der Waals surface area contributed by atoms with Crippen LogP contribution in [0.25, 0.3) is 11.2 Å². The molecule has 1 unspecified atom stereocenters. The van der Waals surface area contributed by atoms with Crippen LogP contribution in [0.3, 0.4) is 0 Å². The number of fused-ring (bicyclic) bond motifs is 1. The first kappa shape index (κ1) is 14.8. The third-order valence-electron chi connectivity index (χ3n) is 3.99. The molecule has 0 N–H and O–H groups in total. The van der Waals surface area contributed by atoms with E-state index >= 15 is 0 Å². The lowest BCUT2D eigenvalue weighted by Gasteiger charge is -2.32. The van der Waals surface area contributed by atoms with Gasteiger partial charge >= 0.3 is 0 Å². The fourth-order valence-corrected chi connectivity index (χ4v) is 3.02. The number of ether oxygens (including phenoxy) is 1. The van der Waals surface area contributed by atoms with Crippen molar-refractivity contribution in [1.29, 1.82) is 0 Å². The largest absolute Gasteiger partial charge is 0.374 e. The molecule has 0 aliphatic carbocycles. The lowest BCUT2D eigenvalue weighted by atomic mass is 10.2. The van der Waals surface area contributed by atoms with Crippen LogP contribution in [0.5, 0.6) is 0 Å². The van der Waals surface area contributed by atoms with Gasteiger partial charge < -0.3 is 9.30 Å². The Bertz CT molecular complexity index is 627. The summed E-state index contributed by atoms with van der Waals surface area (Å²) in [5.41, 5.74) is 2.80. The van der Waals surface area contributed by atoms with Crippen LogP contribution in [0, 0.1) is 6.92 Å². The quantitative estimate of drug-likeness (QED) is 0.812. The predicted octanol–water partition coefficient (Wildman–Crippen LogP) is 2.20. The molecule has 0 aromatic carbocycles. The molecule has 3 heterocycles. The fraction of sp³-hybridized carbons (Fsp3) is 0.600. The summed E-state index contributed by atoms with van der Waals surface area (Å²) in [6.07, 6.45) is 0.167. The van der Waals surface area contributed by atoms with Crippen LogP contribution in [-0.4, -0.2) is 51.8 Å². The van der Waals surface area contributed by atoms with Crippen molar-refractivity contribution in [3.05, 3.63) is 23.7 Å². The number of aromatic nitrogens is 3. The minimum Gasteiger partial charge on any atom is -0.374 e. The summed E-state index contributed by atoms with van der Waals surface area (Å²) in [5.74, 6) is 1.25. The maximum atomic E-state index is 6.05. The maximum absolute atomic E-state index is 6.05. The third-order valence-corrected chi connectivity index (χ3v) is 4.23. The van der Waals surface area contributed by atoms with E-state index in [9.17, 15) is 0 Å². The third kappa shape index (κ3) is 3.05. The molecule has 1 fully saturated rings. The van der Waals surface area contributed by atoms with Gasteiger partial charge in [0.2, 0.25) is 0 Å². The standard InChI is InChI=1S/C15H21ClN4O/c1-3-19-6-7-21-12(9-19)10-20-14(8-16)18-13-5-4-11(2)17-15(13)20/h4-5,12H,3,6-10H2,1-2H3. The zero-order valence-electron chi connectivity index (χ0n) is 12.5. The number of nitrogens with zero attached hydrogens (tertiary/aromatic N) is 4. The maximum Gasteiger partial charge on any atom is 0.160 e. The molecule has 0 saturated carbocycles. The minimum atomic E-state index is 0.167. The van der Waals surface area contributed by atoms with E-state index in [1.807, 2.05) is 19.1 Å². The number of alkyl halides is 1. The van der Waals surface area contributed by atoms with E-state index in [0.717, 1.165) is 55.5 Å². The van der Waals surface area contributed by atoms with Gasteiger partial charge in [0, 0.05) is 18.8 Å². The SMILES string of the molecule is CCN1CCOC(Cn2c(CCl)nc3ccc(C)nc32)C1.